The SMILES string of the molecule is Cc1cc2c(cc1-c1ccc(N)s1)OC(F)(F)O2. The first-order valence-electron chi connectivity index (χ1n) is 5.21. The van der Waals surface area contributed by atoms with Gasteiger partial charge < -0.3 is 15.2 Å². The van der Waals surface area contributed by atoms with Crippen LogP contribution in [0.2, 0.25) is 0 Å². The van der Waals surface area contributed by atoms with Crippen LogP contribution in [0.4, 0.5) is 13.8 Å². The molecule has 0 fully saturated rings. The lowest BCUT2D eigenvalue weighted by molar-refractivity contribution is -0.286. The van der Waals surface area contributed by atoms with Crippen molar-refractivity contribution in [2.45, 2.75) is 13.2 Å². The summed E-state index contributed by atoms with van der Waals surface area (Å²) in [6, 6.07) is 6.72. The quantitative estimate of drug-likeness (QED) is 0.859. The number of halogens is 2. The van der Waals surface area contributed by atoms with E-state index < -0.39 is 6.29 Å². The number of fused-ring (bicyclic) bond motifs is 1. The molecule has 0 radical (unpaired) electrons. The fraction of sp³-hybridized carbons (Fsp3) is 0.167. The normalized spacial score (nSPS) is 15.9. The average Bonchev–Trinajstić information content (AvgIpc) is 2.79. The fourth-order valence-electron chi connectivity index (χ4n) is 1.86. The Morgan fingerprint density at radius 1 is 1.17 bits per heavy atom. The van der Waals surface area contributed by atoms with E-state index in [1.54, 1.807) is 18.2 Å². The van der Waals surface area contributed by atoms with Crippen LogP contribution in [0.5, 0.6) is 11.5 Å². The molecule has 3 rings (SSSR count). The molecule has 2 heterocycles. The molecule has 2 aromatic rings. The van der Waals surface area contributed by atoms with Gasteiger partial charge in [-0.05, 0) is 42.3 Å². The third kappa shape index (κ3) is 1.78. The molecule has 0 bridgehead atoms. The maximum absolute atomic E-state index is 12.9. The Labute approximate surface area is 106 Å². The first kappa shape index (κ1) is 11.3. The molecule has 0 atom stereocenters. The lowest BCUT2D eigenvalue weighted by Crippen LogP contribution is -2.25. The number of alkyl halides is 2. The summed E-state index contributed by atoms with van der Waals surface area (Å²) in [5.74, 6) is 0.110. The lowest BCUT2D eigenvalue weighted by Gasteiger charge is -2.04. The zero-order valence-electron chi connectivity index (χ0n) is 9.37. The molecule has 94 valence electrons. The third-order valence-corrected chi connectivity index (χ3v) is 3.59. The zero-order valence-corrected chi connectivity index (χ0v) is 10.2. The Kier molecular flexibility index (Phi) is 2.25. The molecule has 0 saturated carbocycles. The molecule has 0 unspecified atom stereocenters. The van der Waals surface area contributed by atoms with Gasteiger partial charge in [0.25, 0.3) is 0 Å². The molecule has 1 aromatic heterocycles. The summed E-state index contributed by atoms with van der Waals surface area (Å²) < 4.78 is 34.7. The maximum Gasteiger partial charge on any atom is 0.586 e. The fourth-order valence-corrected chi connectivity index (χ4v) is 2.72. The van der Waals surface area contributed by atoms with Crippen LogP contribution in [0.15, 0.2) is 24.3 Å². The summed E-state index contributed by atoms with van der Waals surface area (Å²) >= 11 is 1.39. The van der Waals surface area contributed by atoms with Gasteiger partial charge in [-0.3, -0.25) is 0 Å². The average molecular weight is 269 g/mol. The number of rotatable bonds is 1. The minimum absolute atomic E-state index is 0.0487. The van der Waals surface area contributed by atoms with Gasteiger partial charge in [0.15, 0.2) is 11.5 Å². The van der Waals surface area contributed by atoms with Crippen molar-refractivity contribution in [1.29, 1.82) is 0 Å². The van der Waals surface area contributed by atoms with Gasteiger partial charge in [-0.2, -0.15) is 0 Å². The molecule has 0 amide bonds. The van der Waals surface area contributed by atoms with Crippen LogP contribution >= 0.6 is 11.3 Å². The minimum atomic E-state index is -3.58. The van der Waals surface area contributed by atoms with Gasteiger partial charge in [0.05, 0.1) is 5.00 Å². The summed E-state index contributed by atoms with van der Waals surface area (Å²) in [5, 5.41) is 0.674. The number of hydrogen-bond donors (Lipinski definition) is 1. The topological polar surface area (TPSA) is 44.5 Å². The van der Waals surface area contributed by atoms with Crippen molar-refractivity contribution in [2.24, 2.45) is 0 Å². The van der Waals surface area contributed by atoms with Gasteiger partial charge in [-0.1, -0.05) is 0 Å². The van der Waals surface area contributed by atoms with Gasteiger partial charge in [0.2, 0.25) is 0 Å². The smallest absolute Gasteiger partial charge is 0.395 e. The third-order valence-electron chi connectivity index (χ3n) is 2.64. The summed E-state index contributed by atoms with van der Waals surface area (Å²) in [7, 11) is 0. The largest absolute Gasteiger partial charge is 0.586 e. The standard InChI is InChI=1S/C12H9F2NO2S/c1-6-4-8-9(17-12(13,14)16-8)5-7(6)10-2-3-11(15)18-10/h2-5H,15H2,1H3. The molecular weight excluding hydrogens is 260 g/mol. The van der Waals surface area contributed by atoms with E-state index in [9.17, 15) is 8.78 Å². The van der Waals surface area contributed by atoms with Crippen LogP contribution in [0.1, 0.15) is 5.56 Å². The van der Waals surface area contributed by atoms with Crippen molar-refractivity contribution in [3.8, 4) is 21.9 Å². The summed E-state index contributed by atoms with van der Waals surface area (Å²) in [5.41, 5.74) is 7.31. The van der Waals surface area contributed by atoms with E-state index >= 15 is 0 Å². The van der Waals surface area contributed by atoms with Crippen molar-refractivity contribution in [2.75, 3.05) is 5.73 Å². The number of thiophene rings is 1. The Morgan fingerprint density at radius 3 is 2.44 bits per heavy atom. The Bertz CT molecular complexity index is 625. The molecule has 2 N–H and O–H groups in total. The van der Waals surface area contributed by atoms with Gasteiger partial charge in [0, 0.05) is 4.88 Å². The molecule has 1 aliphatic heterocycles. The van der Waals surface area contributed by atoms with E-state index in [2.05, 4.69) is 9.47 Å². The highest BCUT2D eigenvalue weighted by Crippen LogP contribution is 2.45. The Hall–Kier alpha value is -1.82. The first-order chi connectivity index (χ1) is 8.44. The number of nitrogens with two attached hydrogens (primary N) is 1. The summed E-state index contributed by atoms with van der Waals surface area (Å²) in [6.45, 7) is 1.82. The van der Waals surface area contributed by atoms with Crippen molar-refractivity contribution in [3.05, 3.63) is 29.8 Å². The molecule has 1 aliphatic rings. The monoisotopic (exact) mass is 269 g/mol. The number of anilines is 1. The molecule has 1 aromatic carbocycles. The predicted octanol–water partition coefficient (Wildman–Crippen LogP) is 3.63. The van der Waals surface area contributed by atoms with Crippen molar-refractivity contribution >= 4 is 16.3 Å². The van der Waals surface area contributed by atoms with Crippen LogP contribution < -0.4 is 15.2 Å². The van der Waals surface area contributed by atoms with Crippen molar-refractivity contribution in [1.82, 2.24) is 0 Å². The van der Waals surface area contributed by atoms with Crippen molar-refractivity contribution in [3.63, 3.8) is 0 Å². The van der Waals surface area contributed by atoms with Crippen LogP contribution in [-0.2, 0) is 0 Å². The molecule has 0 aliphatic carbocycles. The minimum Gasteiger partial charge on any atom is -0.395 e. The Balaban J connectivity index is 2.09. The van der Waals surface area contributed by atoms with E-state index in [4.69, 9.17) is 5.73 Å². The van der Waals surface area contributed by atoms with Crippen molar-refractivity contribution < 1.29 is 18.3 Å². The van der Waals surface area contributed by atoms with Gasteiger partial charge in [-0.25, -0.2) is 0 Å². The Morgan fingerprint density at radius 2 is 1.83 bits per heavy atom. The molecule has 3 nitrogen and oxygen atoms in total. The number of ether oxygens (including phenoxy) is 2. The second kappa shape index (κ2) is 3.58. The molecule has 0 saturated heterocycles. The van der Waals surface area contributed by atoms with Crippen LogP contribution in [0, 0.1) is 6.92 Å². The highest BCUT2D eigenvalue weighted by molar-refractivity contribution is 7.19. The lowest BCUT2D eigenvalue weighted by atomic mass is 10.1. The predicted molar refractivity (Wildman–Crippen MR) is 65.1 cm³/mol. The molecule has 18 heavy (non-hydrogen) atoms. The number of benzene rings is 1. The van der Waals surface area contributed by atoms with Gasteiger partial charge in [-0.15, -0.1) is 20.1 Å². The van der Waals surface area contributed by atoms with Crippen LogP contribution in [-0.4, -0.2) is 6.29 Å². The van der Waals surface area contributed by atoms with Gasteiger partial charge >= 0.3 is 6.29 Å². The molecule has 0 spiro atoms. The number of nitrogen functional groups attached to an aromatic ring is 1. The second-order valence-electron chi connectivity index (χ2n) is 3.98. The molecule has 6 heteroatoms. The van der Waals surface area contributed by atoms with E-state index in [0.717, 1.165) is 16.0 Å². The second-order valence-corrected chi connectivity index (χ2v) is 5.10. The van der Waals surface area contributed by atoms with Gasteiger partial charge in [0.1, 0.15) is 0 Å². The van der Waals surface area contributed by atoms with E-state index in [1.807, 2.05) is 13.0 Å². The van der Waals surface area contributed by atoms with Crippen LogP contribution in [0.3, 0.4) is 0 Å². The van der Waals surface area contributed by atoms with E-state index in [0.29, 0.717) is 5.00 Å². The van der Waals surface area contributed by atoms with E-state index in [-0.39, 0.29) is 11.5 Å². The first-order valence-corrected chi connectivity index (χ1v) is 6.02. The highest BCUT2D eigenvalue weighted by Gasteiger charge is 2.43. The summed E-state index contributed by atoms with van der Waals surface area (Å²) in [4.78, 5) is 0.909. The number of hydrogen-bond acceptors (Lipinski definition) is 4. The van der Waals surface area contributed by atoms with Crippen LogP contribution in [0.25, 0.3) is 10.4 Å². The summed E-state index contributed by atoms with van der Waals surface area (Å²) in [6.07, 6.45) is -3.58. The zero-order chi connectivity index (χ0) is 12.9. The maximum atomic E-state index is 12.9. The highest BCUT2D eigenvalue weighted by atomic mass is 32.1. The molecular formula is C12H9F2NO2S. The van der Waals surface area contributed by atoms with E-state index in [1.165, 1.54) is 11.3 Å². The number of aryl methyl sites for hydroxylation is 1.